The Morgan fingerprint density at radius 2 is 2.15 bits per heavy atom. The van der Waals surface area contributed by atoms with Crippen molar-refractivity contribution >= 4 is 6.09 Å². The third kappa shape index (κ3) is 2.51. The van der Waals surface area contributed by atoms with E-state index in [1.807, 2.05) is 30.3 Å². The molecule has 2 fully saturated rings. The highest BCUT2D eigenvalue weighted by Crippen LogP contribution is 2.43. The van der Waals surface area contributed by atoms with Crippen LogP contribution in [-0.4, -0.2) is 35.6 Å². The zero-order valence-corrected chi connectivity index (χ0v) is 11.2. The summed E-state index contributed by atoms with van der Waals surface area (Å²) in [5.74, 6) is 0. The van der Waals surface area contributed by atoms with Crippen LogP contribution in [0.5, 0.6) is 0 Å². The summed E-state index contributed by atoms with van der Waals surface area (Å²) in [7, 11) is 0. The SMILES string of the molecule is O=C(N[C@H]1COC2(CCC2)[C@@H]1O)OCc1ccccc1. The topological polar surface area (TPSA) is 67.8 Å². The van der Waals surface area contributed by atoms with Crippen molar-refractivity contribution in [1.29, 1.82) is 0 Å². The van der Waals surface area contributed by atoms with Crippen molar-refractivity contribution in [2.75, 3.05) is 6.61 Å². The number of rotatable bonds is 3. The summed E-state index contributed by atoms with van der Waals surface area (Å²) in [6.45, 7) is 0.573. The van der Waals surface area contributed by atoms with Crippen LogP contribution < -0.4 is 5.32 Å². The van der Waals surface area contributed by atoms with Crippen LogP contribution in [0.2, 0.25) is 0 Å². The van der Waals surface area contributed by atoms with Crippen molar-refractivity contribution in [3.63, 3.8) is 0 Å². The molecule has 5 heteroatoms. The standard InChI is InChI=1S/C15H19NO4/c17-13-12(10-20-15(13)7-4-8-15)16-14(18)19-9-11-5-2-1-3-6-11/h1-3,5-6,12-13,17H,4,7-10H2,(H,16,18)/t12-,13+/m0/s1. The molecule has 1 aliphatic heterocycles. The Morgan fingerprint density at radius 1 is 1.40 bits per heavy atom. The molecule has 0 bridgehead atoms. The Morgan fingerprint density at radius 3 is 2.75 bits per heavy atom. The van der Waals surface area contributed by atoms with E-state index in [1.54, 1.807) is 0 Å². The molecule has 3 rings (SSSR count). The lowest BCUT2D eigenvalue weighted by Gasteiger charge is -2.40. The van der Waals surface area contributed by atoms with Crippen molar-refractivity contribution < 1.29 is 19.4 Å². The van der Waals surface area contributed by atoms with Gasteiger partial charge in [-0.1, -0.05) is 30.3 Å². The molecule has 2 N–H and O–H groups in total. The molecule has 20 heavy (non-hydrogen) atoms. The molecule has 1 spiro atoms. The summed E-state index contributed by atoms with van der Waals surface area (Å²) in [4.78, 5) is 11.7. The molecule has 0 unspecified atom stereocenters. The minimum Gasteiger partial charge on any atom is -0.445 e. The van der Waals surface area contributed by atoms with Gasteiger partial charge in [0.1, 0.15) is 12.7 Å². The number of hydrogen-bond acceptors (Lipinski definition) is 4. The quantitative estimate of drug-likeness (QED) is 0.880. The van der Waals surface area contributed by atoms with E-state index in [0.29, 0.717) is 6.61 Å². The molecule has 1 aromatic rings. The highest BCUT2D eigenvalue weighted by atomic mass is 16.6. The van der Waals surface area contributed by atoms with E-state index < -0.39 is 17.8 Å². The fraction of sp³-hybridized carbons (Fsp3) is 0.533. The molecule has 108 valence electrons. The van der Waals surface area contributed by atoms with E-state index in [2.05, 4.69) is 5.32 Å². The molecule has 1 heterocycles. The minimum absolute atomic E-state index is 0.224. The Bertz CT molecular complexity index is 472. The van der Waals surface area contributed by atoms with Crippen LogP contribution in [0.25, 0.3) is 0 Å². The lowest BCUT2D eigenvalue weighted by atomic mass is 9.75. The largest absolute Gasteiger partial charge is 0.445 e. The Kier molecular flexibility index (Phi) is 3.63. The second kappa shape index (κ2) is 5.42. The van der Waals surface area contributed by atoms with E-state index in [1.165, 1.54) is 0 Å². The van der Waals surface area contributed by atoms with Gasteiger partial charge in [0.2, 0.25) is 0 Å². The van der Waals surface area contributed by atoms with Crippen molar-refractivity contribution in [1.82, 2.24) is 5.32 Å². The molecule has 0 aromatic heterocycles. The van der Waals surface area contributed by atoms with Crippen molar-refractivity contribution in [3.8, 4) is 0 Å². The molecule has 5 nitrogen and oxygen atoms in total. The number of amides is 1. The second-order valence-electron chi connectivity index (χ2n) is 5.49. The monoisotopic (exact) mass is 277 g/mol. The van der Waals surface area contributed by atoms with Crippen molar-refractivity contribution in [3.05, 3.63) is 35.9 Å². The summed E-state index contributed by atoms with van der Waals surface area (Å²) in [5.41, 5.74) is 0.513. The van der Waals surface area contributed by atoms with Gasteiger partial charge in [0.25, 0.3) is 0 Å². The van der Waals surface area contributed by atoms with Crippen LogP contribution in [0.3, 0.4) is 0 Å². The van der Waals surface area contributed by atoms with Gasteiger partial charge < -0.3 is 19.9 Å². The van der Waals surface area contributed by atoms with Gasteiger partial charge in [-0.3, -0.25) is 0 Å². The third-order valence-electron chi connectivity index (χ3n) is 4.19. The first kappa shape index (κ1) is 13.4. The van der Waals surface area contributed by atoms with Crippen molar-refractivity contribution in [2.24, 2.45) is 0 Å². The molecule has 1 aliphatic carbocycles. The van der Waals surface area contributed by atoms with Gasteiger partial charge in [-0.15, -0.1) is 0 Å². The predicted molar refractivity (Wildman–Crippen MR) is 72.1 cm³/mol. The number of nitrogens with one attached hydrogen (secondary N) is 1. The Labute approximate surface area is 117 Å². The number of hydrogen-bond donors (Lipinski definition) is 2. The molecule has 2 atom stereocenters. The number of ether oxygens (including phenoxy) is 2. The predicted octanol–water partition coefficient (Wildman–Crippen LogP) is 1.60. The maximum atomic E-state index is 11.7. The zero-order chi connectivity index (χ0) is 14.0. The number of carbonyl (C=O) groups excluding carboxylic acids is 1. The van der Waals surface area contributed by atoms with Crippen LogP contribution in [0, 0.1) is 0 Å². The molecule has 1 amide bonds. The van der Waals surface area contributed by atoms with E-state index in [9.17, 15) is 9.90 Å². The molecule has 1 saturated heterocycles. The fourth-order valence-electron chi connectivity index (χ4n) is 2.80. The van der Waals surface area contributed by atoms with E-state index in [4.69, 9.17) is 9.47 Å². The second-order valence-corrected chi connectivity index (χ2v) is 5.49. The molecular weight excluding hydrogens is 258 g/mol. The van der Waals surface area contributed by atoms with Crippen LogP contribution in [-0.2, 0) is 16.1 Å². The van der Waals surface area contributed by atoms with Gasteiger partial charge in [-0.25, -0.2) is 4.79 Å². The van der Waals surface area contributed by atoms with Gasteiger partial charge >= 0.3 is 6.09 Å². The first-order chi connectivity index (χ1) is 9.70. The van der Waals surface area contributed by atoms with Crippen LogP contribution in [0.1, 0.15) is 24.8 Å². The average Bonchev–Trinajstić information content (AvgIpc) is 2.75. The van der Waals surface area contributed by atoms with Gasteiger partial charge in [0.05, 0.1) is 18.2 Å². The zero-order valence-electron chi connectivity index (χ0n) is 11.2. The number of aliphatic hydroxyl groups is 1. The lowest BCUT2D eigenvalue weighted by Crippen LogP contribution is -2.52. The van der Waals surface area contributed by atoms with Crippen LogP contribution in [0.15, 0.2) is 30.3 Å². The summed E-state index contributed by atoms with van der Waals surface area (Å²) in [6.07, 6.45) is 1.65. The highest BCUT2D eigenvalue weighted by molar-refractivity contribution is 5.67. The third-order valence-corrected chi connectivity index (χ3v) is 4.19. The van der Waals surface area contributed by atoms with E-state index in [0.717, 1.165) is 24.8 Å². The maximum Gasteiger partial charge on any atom is 0.407 e. The molecule has 0 radical (unpaired) electrons. The summed E-state index contributed by atoms with van der Waals surface area (Å²) >= 11 is 0. The summed E-state index contributed by atoms with van der Waals surface area (Å²) < 4.78 is 10.8. The number of aliphatic hydroxyl groups excluding tert-OH is 1. The van der Waals surface area contributed by atoms with E-state index >= 15 is 0 Å². The van der Waals surface area contributed by atoms with Crippen molar-refractivity contribution in [2.45, 2.75) is 43.6 Å². The van der Waals surface area contributed by atoms with Gasteiger partial charge in [0, 0.05) is 0 Å². The fourth-order valence-corrected chi connectivity index (χ4v) is 2.80. The van der Waals surface area contributed by atoms with Gasteiger partial charge in [-0.2, -0.15) is 0 Å². The highest BCUT2D eigenvalue weighted by Gasteiger charge is 2.53. The average molecular weight is 277 g/mol. The Balaban J connectivity index is 1.47. The first-order valence-electron chi connectivity index (χ1n) is 6.99. The van der Waals surface area contributed by atoms with Crippen LogP contribution >= 0.6 is 0 Å². The lowest BCUT2D eigenvalue weighted by molar-refractivity contribution is -0.111. The minimum atomic E-state index is -0.638. The summed E-state index contributed by atoms with van der Waals surface area (Å²) in [5, 5.41) is 12.9. The smallest absolute Gasteiger partial charge is 0.407 e. The normalized spacial score (nSPS) is 27.1. The molecule has 1 saturated carbocycles. The molecule has 2 aliphatic rings. The molecule has 1 aromatic carbocycles. The number of benzene rings is 1. The van der Waals surface area contributed by atoms with Gasteiger partial charge in [0.15, 0.2) is 0 Å². The van der Waals surface area contributed by atoms with E-state index in [-0.39, 0.29) is 12.6 Å². The number of carbonyl (C=O) groups is 1. The Hall–Kier alpha value is -1.59. The molecular formula is C15H19NO4. The number of alkyl carbamates (subject to hydrolysis) is 1. The van der Waals surface area contributed by atoms with Crippen LogP contribution in [0.4, 0.5) is 4.79 Å². The maximum absolute atomic E-state index is 11.7. The van der Waals surface area contributed by atoms with Gasteiger partial charge in [-0.05, 0) is 24.8 Å². The first-order valence-corrected chi connectivity index (χ1v) is 6.99. The summed E-state index contributed by atoms with van der Waals surface area (Å²) in [6, 6.07) is 9.11.